The van der Waals surface area contributed by atoms with Gasteiger partial charge < -0.3 is 9.84 Å². The molecule has 0 bridgehead atoms. The molecule has 3 heterocycles. The van der Waals surface area contributed by atoms with Gasteiger partial charge in [0.25, 0.3) is 5.78 Å². The number of hydrogen-bond acceptors (Lipinski definition) is 8. The highest BCUT2D eigenvalue weighted by Crippen LogP contribution is 2.45. The van der Waals surface area contributed by atoms with E-state index in [2.05, 4.69) is 10.2 Å². The Hall–Kier alpha value is -3.73. The lowest BCUT2D eigenvalue weighted by molar-refractivity contribution is -0.132. The van der Waals surface area contributed by atoms with E-state index >= 15 is 4.39 Å². The Morgan fingerprint density at radius 2 is 1.93 bits per heavy atom. The third kappa shape index (κ3) is 4.76. The Labute approximate surface area is 242 Å². The van der Waals surface area contributed by atoms with E-state index in [9.17, 15) is 14.7 Å². The number of fused-ring (bicyclic) bond motifs is 1. The number of nitrogens with zero attached hydrogens (tertiary/aromatic N) is 3. The zero-order valence-corrected chi connectivity index (χ0v) is 23.4. The number of aliphatic hydroxyl groups excluding tert-OH is 1. The molecule has 0 radical (unpaired) electrons. The molecule has 2 atom stereocenters. The Kier molecular flexibility index (Phi) is 7.07. The summed E-state index contributed by atoms with van der Waals surface area (Å²) in [5.74, 6) is -1.66. The number of anilines is 1. The topological polar surface area (TPSA) is 92.6 Å². The van der Waals surface area contributed by atoms with Crippen molar-refractivity contribution >= 4 is 57.3 Å². The maximum atomic E-state index is 15.2. The van der Waals surface area contributed by atoms with Gasteiger partial charge in [0.15, 0.2) is 4.34 Å². The number of rotatable bonds is 6. The summed E-state index contributed by atoms with van der Waals surface area (Å²) in [6, 6.07) is 17.1. The first-order chi connectivity index (χ1) is 19.3. The highest BCUT2D eigenvalue weighted by Gasteiger charge is 2.49. The molecule has 11 heteroatoms. The number of aliphatic hydroxyl groups is 1. The Morgan fingerprint density at radius 1 is 1.15 bits per heavy atom. The zero-order valence-electron chi connectivity index (χ0n) is 21.0. The summed E-state index contributed by atoms with van der Waals surface area (Å²) >= 11 is 8.74. The van der Waals surface area contributed by atoms with Gasteiger partial charge in [-0.2, -0.15) is 0 Å². The van der Waals surface area contributed by atoms with Crippen LogP contribution in [0.25, 0.3) is 5.76 Å². The van der Waals surface area contributed by atoms with E-state index in [1.165, 1.54) is 30.0 Å². The van der Waals surface area contributed by atoms with Gasteiger partial charge in [-0.3, -0.25) is 14.5 Å². The van der Waals surface area contributed by atoms with Gasteiger partial charge >= 0.3 is 5.91 Å². The standard InChI is InChI=1S/C29H21ClFN3O4S2/c1-15-12-18-13-16(10-11-22(18)38-15)25(35)23-24(19-7-3-5-9-21(19)31)34(27(37)26(23)36)28-32-33-29(40-28)39-14-17-6-2-4-8-20(17)30/h2-11,13,15,24,35H,12,14H2,1H3/t15-,24-/m1/s1. The van der Waals surface area contributed by atoms with E-state index in [0.29, 0.717) is 32.8 Å². The molecule has 7 nitrogen and oxygen atoms in total. The average molecular weight is 594 g/mol. The molecule has 2 aliphatic rings. The van der Waals surface area contributed by atoms with Gasteiger partial charge in [-0.25, -0.2) is 4.39 Å². The lowest BCUT2D eigenvalue weighted by Gasteiger charge is -2.22. The SMILES string of the molecule is C[C@@H]1Cc2cc(C(O)=C3C(=O)C(=O)N(c4nnc(SCc5ccccc5Cl)s4)[C@@H]3c3ccccc3F)ccc2O1. The number of halogens is 2. The second kappa shape index (κ2) is 10.7. The molecule has 1 saturated heterocycles. The number of thioether (sulfide) groups is 1. The number of ketones is 1. The van der Waals surface area contributed by atoms with Crippen molar-refractivity contribution in [3.8, 4) is 5.75 Å². The van der Waals surface area contributed by atoms with Crippen molar-refractivity contribution in [2.24, 2.45) is 0 Å². The number of hydrogen-bond donors (Lipinski definition) is 1. The van der Waals surface area contributed by atoms with Gasteiger partial charge in [0, 0.05) is 28.3 Å². The Morgan fingerprint density at radius 3 is 2.73 bits per heavy atom. The smallest absolute Gasteiger partial charge is 0.301 e. The van der Waals surface area contributed by atoms with Crippen LogP contribution in [0.3, 0.4) is 0 Å². The molecule has 0 unspecified atom stereocenters. The highest BCUT2D eigenvalue weighted by atomic mass is 35.5. The fourth-order valence-electron chi connectivity index (χ4n) is 4.86. The maximum absolute atomic E-state index is 15.2. The minimum Gasteiger partial charge on any atom is -0.507 e. The summed E-state index contributed by atoms with van der Waals surface area (Å²) in [4.78, 5) is 27.9. The van der Waals surface area contributed by atoms with Crippen LogP contribution in [0.5, 0.6) is 5.75 Å². The number of amides is 1. The molecule has 0 spiro atoms. The molecule has 1 fully saturated rings. The van der Waals surface area contributed by atoms with Gasteiger partial charge in [0.05, 0.1) is 5.57 Å². The van der Waals surface area contributed by atoms with Gasteiger partial charge in [-0.05, 0) is 48.4 Å². The van der Waals surface area contributed by atoms with Crippen molar-refractivity contribution in [1.29, 1.82) is 0 Å². The average Bonchev–Trinajstić information content (AvgIpc) is 3.63. The van der Waals surface area contributed by atoms with E-state index in [-0.39, 0.29) is 22.4 Å². The molecule has 6 rings (SSSR count). The summed E-state index contributed by atoms with van der Waals surface area (Å²) in [6.45, 7) is 1.94. The number of benzene rings is 3. The van der Waals surface area contributed by atoms with E-state index < -0.39 is 29.3 Å². The van der Waals surface area contributed by atoms with Crippen molar-refractivity contribution in [2.45, 2.75) is 35.6 Å². The van der Waals surface area contributed by atoms with E-state index in [1.807, 2.05) is 25.1 Å². The highest BCUT2D eigenvalue weighted by molar-refractivity contribution is 8.00. The number of Topliss-reactive ketones (excluding diaryl/α,β-unsaturated/α-hetero) is 1. The summed E-state index contributed by atoms with van der Waals surface area (Å²) in [7, 11) is 0. The summed E-state index contributed by atoms with van der Waals surface area (Å²) in [6.07, 6.45) is 0.625. The zero-order chi connectivity index (χ0) is 28.0. The third-order valence-electron chi connectivity index (χ3n) is 6.72. The van der Waals surface area contributed by atoms with Crippen molar-refractivity contribution < 1.29 is 23.8 Å². The monoisotopic (exact) mass is 593 g/mol. The molecule has 0 saturated carbocycles. The minimum absolute atomic E-state index is 0.0150. The first kappa shape index (κ1) is 26.5. The predicted octanol–water partition coefficient (Wildman–Crippen LogP) is 6.57. The van der Waals surface area contributed by atoms with Gasteiger partial charge in [0.2, 0.25) is 5.13 Å². The maximum Gasteiger partial charge on any atom is 0.301 e. The summed E-state index contributed by atoms with van der Waals surface area (Å²) in [5.41, 5.74) is 1.96. The molecule has 4 aromatic rings. The molecule has 3 aromatic carbocycles. The van der Waals surface area contributed by atoms with Gasteiger partial charge in [0.1, 0.15) is 29.5 Å². The second-order valence-corrected chi connectivity index (χ2v) is 12.0. The lowest BCUT2D eigenvalue weighted by Crippen LogP contribution is -2.29. The van der Waals surface area contributed by atoms with Crippen LogP contribution in [0.2, 0.25) is 5.02 Å². The van der Waals surface area contributed by atoms with E-state index in [1.54, 1.807) is 30.3 Å². The first-order valence-corrected chi connectivity index (χ1v) is 14.5. The molecule has 1 amide bonds. The van der Waals surface area contributed by atoms with Crippen LogP contribution in [-0.4, -0.2) is 33.1 Å². The van der Waals surface area contributed by atoms with Crippen molar-refractivity contribution in [3.63, 3.8) is 0 Å². The molecule has 202 valence electrons. The summed E-state index contributed by atoms with van der Waals surface area (Å²) in [5, 5.41) is 20.5. The van der Waals surface area contributed by atoms with Crippen LogP contribution >= 0.6 is 34.7 Å². The molecule has 40 heavy (non-hydrogen) atoms. The van der Waals surface area contributed by atoms with Crippen molar-refractivity contribution in [1.82, 2.24) is 10.2 Å². The minimum atomic E-state index is -1.24. The van der Waals surface area contributed by atoms with Gasteiger partial charge in [-0.15, -0.1) is 10.2 Å². The van der Waals surface area contributed by atoms with Crippen LogP contribution < -0.4 is 9.64 Å². The Bertz CT molecular complexity index is 1690. The van der Waals surface area contributed by atoms with Crippen LogP contribution in [-0.2, 0) is 21.8 Å². The largest absolute Gasteiger partial charge is 0.507 e. The molecular weight excluding hydrogens is 573 g/mol. The predicted molar refractivity (Wildman–Crippen MR) is 152 cm³/mol. The summed E-state index contributed by atoms with van der Waals surface area (Å²) < 4.78 is 21.5. The van der Waals surface area contributed by atoms with Crippen molar-refractivity contribution in [2.75, 3.05) is 4.90 Å². The molecule has 1 N–H and O–H groups in total. The number of ether oxygens (including phenoxy) is 1. The Balaban J connectivity index is 1.40. The molecular formula is C29H21ClFN3O4S2. The first-order valence-electron chi connectivity index (χ1n) is 12.4. The fourth-order valence-corrected chi connectivity index (χ4v) is 7.01. The van der Waals surface area contributed by atoms with Gasteiger partial charge in [-0.1, -0.05) is 71.1 Å². The van der Waals surface area contributed by atoms with E-state index in [4.69, 9.17) is 16.3 Å². The van der Waals surface area contributed by atoms with Crippen molar-refractivity contribution in [3.05, 3.63) is 105 Å². The van der Waals surface area contributed by atoms with Crippen LogP contribution in [0.4, 0.5) is 9.52 Å². The number of carbonyl (C=O) groups is 2. The molecule has 1 aromatic heterocycles. The lowest BCUT2D eigenvalue weighted by atomic mass is 9.94. The van der Waals surface area contributed by atoms with Crippen LogP contribution in [0.15, 0.2) is 76.6 Å². The van der Waals surface area contributed by atoms with Crippen LogP contribution in [0.1, 0.15) is 35.2 Å². The number of aromatic nitrogens is 2. The van der Waals surface area contributed by atoms with Crippen LogP contribution in [0, 0.1) is 5.82 Å². The third-order valence-corrected chi connectivity index (χ3v) is 9.20. The fraction of sp³-hybridized carbons (Fsp3) is 0.172. The quantitative estimate of drug-likeness (QED) is 0.0888. The number of carbonyl (C=O) groups excluding carboxylic acids is 2. The molecule has 0 aliphatic carbocycles. The van der Waals surface area contributed by atoms with E-state index in [0.717, 1.165) is 27.4 Å². The second-order valence-electron chi connectivity index (χ2n) is 9.38. The molecule has 2 aliphatic heterocycles. The normalized spacial score (nSPS) is 19.6.